The minimum Gasteiger partial charge on any atom is -0.393 e. The number of hydrogen-bond donors (Lipinski definition) is 2. The molecular weight excluding hydrogens is 226 g/mol. The molecule has 2 N–H and O–H groups in total. The Morgan fingerprint density at radius 2 is 1.94 bits per heavy atom. The molecule has 18 heavy (non-hydrogen) atoms. The number of hydrogen-bond acceptors (Lipinski definition) is 3. The summed E-state index contributed by atoms with van der Waals surface area (Å²) in [6.07, 6.45) is 3.96. The van der Waals surface area contributed by atoms with Crippen molar-refractivity contribution in [3.63, 3.8) is 0 Å². The summed E-state index contributed by atoms with van der Waals surface area (Å²) in [5.74, 6) is 0. The van der Waals surface area contributed by atoms with Crippen molar-refractivity contribution >= 4 is 0 Å². The number of rotatable bonds is 4. The molecule has 0 radical (unpaired) electrons. The number of nitrogens with zero attached hydrogens (tertiary/aromatic N) is 2. The van der Waals surface area contributed by atoms with Crippen molar-refractivity contribution in [3.8, 4) is 0 Å². The lowest BCUT2D eigenvalue weighted by atomic mass is 9.93. The Labute approximate surface area is 109 Å². The molecule has 1 aliphatic rings. The summed E-state index contributed by atoms with van der Waals surface area (Å²) in [5, 5.41) is 17.6. The molecular formula is C14H25N3O. The van der Waals surface area contributed by atoms with E-state index in [0.717, 1.165) is 44.5 Å². The molecule has 0 saturated heterocycles. The normalized spacial score (nSPS) is 24.4. The third-order valence-corrected chi connectivity index (χ3v) is 4.10. The maximum absolute atomic E-state index is 9.49. The second-order valence-corrected chi connectivity index (χ2v) is 5.35. The summed E-state index contributed by atoms with van der Waals surface area (Å²) in [7, 11) is 0. The lowest BCUT2D eigenvalue weighted by molar-refractivity contribution is 0.116. The topological polar surface area (TPSA) is 50.1 Å². The largest absolute Gasteiger partial charge is 0.393 e. The quantitative estimate of drug-likeness (QED) is 0.859. The molecule has 1 saturated carbocycles. The Morgan fingerprint density at radius 1 is 1.28 bits per heavy atom. The smallest absolute Gasteiger partial charge is 0.0641 e. The van der Waals surface area contributed by atoms with Crippen molar-refractivity contribution in [3.05, 3.63) is 17.0 Å². The van der Waals surface area contributed by atoms with Gasteiger partial charge in [0, 0.05) is 30.4 Å². The molecule has 1 heterocycles. The summed E-state index contributed by atoms with van der Waals surface area (Å²) >= 11 is 0. The van der Waals surface area contributed by atoms with Crippen LogP contribution in [-0.2, 0) is 13.1 Å². The van der Waals surface area contributed by atoms with Gasteiger partial charge in [0.15, 0.2) is 0 Å². The van der Waals surface area contributed by atoms with E-state index in [1.54, 1.807) is 0 Å². The van der Waals surface area contributed by atoms with Crippen molar-refractivity contribution in [2.24, 2.45) is 0 Å². The molecule has 0 aromatic carbocycles. The first-order valence-corrected chi connectivity index (χ1v) is 7.06. The van der Waals surface area contributed by atoms with Crippen LogP contribution >= 0.6 is 0 Å². The highest BCUT2D eigenvalue weighted by atomic mass is 16.3. The Kier molecular flexibility index (Phi) is 4.40. The van der Waals surface area contributed by atoms with Gasteiger partial charge in [0.25, 0.3) is 0 Å². The standard InChI is InChI=1S/C14H25N3O/c1-4-17-11(3)14(10(2)16-17)9-15-12-5-7-13(18)8-6-12/h12-13,15,18H,4-9H2,1-3H3. The van der Waals surface area contributed by atoms with Crippen LogP contribution < -0.4 is 5.32 Å². The molecule has 0 bridgehead atoms. The van der Waals surface area contributed by atoms with Gasteiger partial charge < -0.3 is 10.4 Å². The zero-order valence-corrected chi connectivity index (χ0v) is 11.7. The third-order valence-electron chi connectivity index (χ3n) is 4.10. The molecule has 0 spiro atoms. The van der Waals surface area contributed by atoms with Crippen molar-refractivity contribution in [1.29, 1.82) is 0 Å². The van der Waals surface area contributed by atoms with Gasteiger partial charge in [-0.05, 0) is 46.5 Å². The zero-order chi connectivity index (χ0) is 13.1. The first kappa shape index (κ1) is 13.6. The SMILES string of the molecule is CCn1nc(C)c(CNC2CCC(O)CC2)c1C. The van der Waals surface area contributed by atoms with Gasteiger partial charge in [0.1, 0.15) is 0 Å². The molecule has 2 rings (SSSR count). The van der Waals surface area contributed by atoms with Crippen molar-refractivity contribution in [1.82, 2.24) is 15.1 Å². The van der Waals surface area contributed by atoms with Gasteiger partial charge in [-0.25, -0.2) is 0 Å². The van der Waals surface area contributed by atoms with Gasteiger partial charge in [-0.2, -0.15) is 5.10 Å². The summed E-state index contributed by atoms with van der Waals surface area (Å²) in [6.45, 7) is 8.19. The number of aliphatic hydroxyl groups is 1. The van der Waals surface area contributed by atoms with Gasteiger partial charge in [-0.3, -0.25) is 4.68 Å². The molecule has 1 fully saturated rings. The van der Waals surface area contributed by atoms with Crippen molar-refractivity contribution in [2.75, 3.05) is 0 Å². The lowest BCUT2D eigenvalue weighted by Crippen LogP contribution is -2.34. The van der Waals surface area contributed by atoms with E-state index in [1.807, 2.05) is 0 Å². The Hall–Kier alpha value is -0.870. The van der Waals surface area contributed by atoms with E-state index in [4.69, 9.17) is 0 Å². The van der Waals surface area contributed by atoms with Crippen LogP contribution in [0.2, 0.25) is 0 Å². The molecule has 1 aromatic rings. The second kappa shape index (κ2) is 5.85. The van der Waals surface area contributed by atoms with E-state index in [0.29, 0.717) is 6.04 Å². The van der Waals surface area contributed by atoms with Crippen LogP contribution in [-0.4, -0.2) is 27.0 Å². The molecule has 102 valence electrons. The van der Waals surface area contributed by atoms with Gasteiger partial charge in [0.05, 0.1) is 11.8 Å². The Morgan fingerprint density at radius 3 is 2.50 bits per heavy atom. The highest BCUT2D eigenvalue weighted by Crippen LogP contribution is 2.20. The fourth-order valence-electron chi connectivity index (χ4n) is 2.82. The maximum atomic E-state index is 9.49. The minimum absolute atomic E-state index is 0.0747. The average Bonchev–Trinajstić information content (AvgIpc) is 2.64. The molecule has 0 amide bonds. The van der Waals surface area contributed by atoms with Gasteiger partial charge >= 0.3 is 0 Å². The van der Waals surface area contributed by atoms with E-state index >= 15 is 0 Å². The van der Waals surface area contributed by atoms with E-state index in [1.165, 1.54) is 11.3 Å². The summed E-state index contributed by atoms with van der Waals surface area (Å²) in [4.78, 5) is 0. The first-order valence-electron chi connectivity index (χ1n) is 7.06. The fraction of sp³-hybridized carbons (Fsp3) is 0.786. The van der Waals surface area contributed by atoms with Crippen LogP contribution in [0.1, 0.15) is 49.6 Å². The zero-order valence-electron chi connectivity index (χ0n) is 11.7. The predicted molar refractivity (Wildman–Crippen MR) is 72.5 cm³/mol. The number of aromatic nitrogens is 2. The van der Waals surface area contributed by atoms with Crippen LogP contribution in [0.5, 0.6) is 0 Å². The predicted octanol–water partition coefficient (Wildman–Crippen LogP) is 1.91. The third kappa shape index (κ3) is 2.93. The molecule has 0 aliphatic heterocycles. The fourth-order valence-corrected chi connectivity index (χ4v) is 2.82. The van der Waals surface area contributed by atoms with Crippen LogP contribution in [0.15, 0.2) is 0 Å². The second-order valence-electron chi connectivity index (χ2n) is 5.35. The van der Waals surface area contributed by atoms with Gasteiger partial charge in [-0.15, -0.1) is 0 Å². The van der Waals surface area contributed by atoms with E-state index in [-0.39, 0.29) is 6.10 Å². The Bertz CT molecular complexity index is 392. The minimum atomic E-state index is -0.0747. The van der Waals surface area contributed by atoms with Crippen LogP contribution in [0.4, 0.5) is 0 Å². The van der Waals surface area contributed by atoms with Crippen LogP contribution in [0.25, 0.3) is 0 Å². The monoisotopic (exact) mass is 251 g/mol. The molecule has 1 aliphatic carbocycles. The summed E-state index contributed by atoms with van der Waals surface area (Å²) in [5.41, 5.74) is 3.75. The summed E-state index contributed by atoms with van der Waals surface area (Å²) in [6, 6.07) is 0.553. The van der Waals surface area contributed by atoms with Gasteiger partial charge in [-0.1, -0.05) is 0 Å². The molecule has 4 heteroatoms. The van der Waals surface area contributed by atoms with Gasteiger partial charge in [0.2, 0.25) is 0 Å². The lowest BCUT2D eigenvalue weighted by Gasteiger charge is -2.26. The molecule has 0 atom stereocenters. The summed E-state index contributed by atoms with van der Waals surface area (Å²) < 4.78 is 2.07. The average molecular weight is 251 g/mol. The number of aryl methyl sites for hydroxylation is 2. The van der Waals surface area contributed by atoms with E-state index in [9.17, 15) is 5.11 Å². The van der Waals surface area contributed by atoms with Crippen molar-refractivity contribution in [2.45, 2.75) is 71.7 Å². The van der Waals surface area contributed by atoms with Crippen molar-refractivity contribution < 1.29 is 5.11 Å². The molecule has 1 aromatic heterocycles. The van der Waals surface area contributed by atoms with E-state index in [2.05, 4.69) is 35.9 Å². The highest BCUT2D eigenvalue weighted by Gasteiger charge is 2.19. The van der Waals surface area contributed by atoms with Crippen LogP contribution in [0, 0.1) is 13.8 Å². The highest BCUT2D eigenvalue weighted by molar-refractivity contribution is 5.24. The Balaban J connectivity index is 1.92. The number of nitrogens with one attached hydrogen (secondary N) is 1. The maximum Gasteiger partial charge on any atom is 0.0641 e. The van der Waals surface area contributed by atoms with E-state index < -0.39 is 0 Å². The molecule has 0 unspecified atom stereocenters. The first-order chi connectivity index (χ1) is 8.61. The van der Waals surface area contributed by atoms with Crippen LogP contribution in [0.3, 0.4) is 0 Å². The number of aliphatic hydroxyl groups excluding tert-OH is 1. The molecule has 4 nitrogen and oxygen atoms in total.